The summed E-state index contributed by atoms with van der Waals surface area (Å²) in [5.74, 6) is -0.330. The Labute approximate surface area is 379 Å². The van der Waals surface area contributed by atoms with Crippen molar-refractivity contribution in [1.29, 1.82) is 0 Å². The lowest BCUT2D eigenvalue weighted by molar-refractivity contribution is -0.124. The first-order valence-corrected chi connectivity index (χ1v) is 26.6. The Hall–Kier alpha value is -1.95. The fraction of sp³-hybridized carbons (Fsp3) is 0.804. The number of unbranched alkanes of at least 4 members (excludes halogenated alkanes) is 31. The Balaban J connectivity index is 3.55. The highest BCUT2D eigenvalue weighted by atomic mass is 16.3. The average molecular weight is 854 g/mol. The number of nitrogens with one attached hydrogen (secondary N) is 1. The van der Waals surface area contributed by atoms with Crippen molar-refractivity contribution in [1.82, 2.24) is 5.32 Å². The maximum absolute atomic E-state index is 12.5. The van der Waals surface area contributed by atoms with Gasteiger partial charge in [-0.05, 0) is 77.0 Å². The summed E-state index contributed by atoms with van der Waals surface area (Å²) in [7, 11) is 0. The van der Waals surface area contributed by atoms with Gasteiger partial charge in [-0.2, -0.15) is 0 Å². The van der Waals surface area contributed by atoms with Crippen molar-refractivity contribution in [3.8, 4) is 0 Å². The third-order valence-electron chi connectivity index (χ3n) is 12.0. The van der Waals surface area contributed by atoms with E-state index in [4.69, 9.17) is 0 Å². The van der Waals surface area contributed by atoms with Gasteiger partial charge in [-0.1, -0.05) is 242 Å². The van der Waals surface area contributed by atoms with E-state index in [2.05, 4.69) is 67.8 Å². The van der Waals surface area contributed by atoms with Crippen LogP contribution >= 0.6 is 0 Å². The summed E-state index contributed by atoms with van der Waals surface area (Å²) >= 11 is 0. The van der Waals surface area contributed by atoms with Crippen molar-refractivity contribution in [3.05, 3.63) is 60.8 Å². The molecule has 0 fully saturated rings. The molecular weight excluding hydrogens is 751 g/mol. The Morgan fingerprint density at radius 1 is 0.426 bits per heavy atom. The summed E-state index contributed by atoms with van der Waals surface area (Å²) in [5.41, 5.74) is 0. The fourth-order valence-corrected chi connectivity index (χ4v) is 7.93. The van der Waals surface area contributed by atoms with Crippen molar-refractivity contribution in [2.75, 3.05) is 6.61 Å². The van der Waals surface area contributed by atoms with Gasteiger partial charge in [0.2, 0.25) is 5.91 Å². The van der Waals surface area contributed by atoms with Gasteiger partial charge in [0, 0.05) is 0 Å². The van der Waals surface area contributed by atoms with Crippen LogP contribution in [0.15, 0.2) is 60.8 Å². The molecular formula is C56H103NO4. The van der Waals surface area contributed by atoms with E-state index in [1.54, 1.807) is 6.08 Å². The molecule has 5 heteroatoms. The number of aliphatic hydroxyl groups is 3. The SMILES string of the molecule is CCCCC/C=C/CC/C=C/CC/C=C/C(O)C(CO)NC(=O)CC(O)CCCCCCCCCCCCCCCCC/C=C\C/C=C\CCCCCCCCCCCCC. The summed E-state index contributed by atoms with van der Waals surface area (Å²) in [6.45, 7) is 4.17. The monoisotopic (exact) mass is 854 g/mol. The maximum Gasteiger partial charge on any atom is 0.222 e. The number of carbonyl (C=O) groups excluding carboxylic acids is 1. The lowest BCUT2D eigenvalue weighted by Gasteiger charge is -2.21. The van der Waals surface area contributed by atoms with Crippen LogP contribution < -0.4 is 5.32 Å². The van der Waals surface area contributed by atoms with Crippen LogP contribution in [0.5, 0.6) is 0 Å². The van der Waals surface area contributed by atoms with Crippen LogP contribution in [0.4, 0.5) is 0 Å². The van der Waals surface area contributed by atoms with Crippen molar-refractivity contribution in [3.63, 3.8) is 0 Å². The Morgan fingerprint density at radius 3 is 1.18 bits per heavy atom. The van der Waals surface area contributed by atoms with Crippen LogP contribution in [0.1, 0.15) is 264 Å². The molecule has 0 saturated heterocycles. The van der Waals surface area contributed by atoms with Crippen LogP contribution in [0.25, 0.3) is 0 Å². The van der Waals surface area contributed by atoms with E-state index in [0.717, 1.165) is 44.9 Å². The van der Waals surface area contributed by atoms with Crippen LogP contribution in [0.3, 0.4) is 0 Å². The second kappa shape index (κ2) is 50.7. The zero-order valence-electron chi connectivity index (χ0n) is 40.5. The number of carbonyl (C=O) groups is 1. The predicted octanol–water partition coefficient (Wildman–Crippen LogP) is 16.2. The minimum absolute atomic E-state index is 0.00105. The third-order valence-corrected chi connectivity index (χ3v) is 12.0. The molecule has 356 valence electrons. The van der Waals surface area contributed by atoms with Crippen molar-refractivity contribution >= 4 is 5.91 Å². The molecule has 0 radical (unpaired) electrons. The van der Waals surface area contributed by atoms with Crippen molar-refractivity contribution < 1.29 is 20.1 Å². The lowest BCUT2D eigenvalue weighted by Crippen LogP contribution is -2.45. The van der Waals surface area contributed by atoms with E-state index in [1.807, 2.05) is 6.08 Å². The molecule has 1 amide bonds. The van der Waals surface area contributed by atoms with E-state index in [9.17, 15) is 20.1 Å². The molecule has 4 N–H and O–H groups in total. The maximum atomic E-state index is 12.5. The molecule has 3 unspecified atom stereocenters. The van der Waals surface area contributed by atoms with Crippen LogP contribution in [0.2, 0.25) is 0 Å². The Morgan fingerprint density at radius 2 is 0.754 bits per heavy atom. The fourth-order valence-electron chi connectivity index (χ4n) is 7.93. The molecule has 0 aliphatic carbocycles. The summed E-state index contributed by atoms with van der Waals surface area (Å²) in [5, 5.41) is 33.2. The zero-order chi connectivity index (χ0) is 44.4. The quantitative estimate of drug-likeness (QED) is 0.0363. The number of amides is 1. The minimum atomic E-state index is -0.961. The van der Waals surface area contributed by atoms with Gasteiger partial charge >= 0.3 is 0 Å². The largest absolute Gasteiger partial charge is 0.394 e. The Bertz CT molecular complexity index is 1030. The number of aliphatic hydroxyl groups excluding tert-OH is 3. The first-order valence-electron chi connectivity index (χ1n) is 26.6. The van der Waals surface area contributed by atoms with E-state index in [0.29, 0.717) is 6.42 Å². The van der Waals surface area contributed by atoms with Gasteiger partial charge in [-0.15, -0.1) is 0 Å². The summed E-state index contributed by atoms with van der Waals surface area (Å²) in [6.07, 6.45) is 68.4. The summed E-state index contributed by atoms with van der Waals surface area (Å²) in [4.78, 5) is 12.5. The molecule has 0 bridgehead atoms. The first-order chi connectivity index (χ1) is 30.0. The van der Waals surface area contributed by atoms with Gasteiger partial charge in [-0.25, -0.2) is 0 Å². The van der Waals surface area contributed by atoms with Gasteiger partial charge < -0.3 is 20.6 Å². The summed E-state index contributed by atoms with van der Waals surface area (Å²) in [6, 6.07) is -0.768. The van der Waals surface area contributed by atoms with Gasteiger partial charge in [0.05, 0.1) is 31.3 Å². The van der Waals surface area contributed by atoms with Gasteiger partial charge in [0.15, 0.2) is 0 Å². The molecule has 0 spiro atoms. The van der Waals surface area contributed by atoms with Crippen molar-refractivity contribution in [2.24, 2.45) is 0 Å². The number of hydrogen-bond donors (Lipinski definition) is 4. The highest BCUT2D eigenvalue weighted by Crippen LogP contribution is 2.16. The van der Waals surface area contributed by atoms with Crippen LogP contribution in [0, 0.1) is 0 Å². The first kappa shape index (κ1) is 59.0. The normalized spacial score (nSPS) is 13.9. The number of hydrogen-bond acceptors (Lipinski definition) is 4. The highest BCUT2D eigenvalue weighted by molar-refractivity contribution is 5.76. The average Bonchev–Trinajstić information content (AvgIpc) is 3.25. The van der Waals surface area contributed by atoms with Gasteiger partial charge in [-0.3, -0.25) is 4.79 Å². The van der Waals surface area contributed by atoms with Crippen molar-refractivity contribution in [2.45, 2.75) is 283 Å². The molecule has 3 atom stereocenters. The van der Waals surface area contributed by atoms with E-state index in [1.165, 1.54) is 193 Å². The molecule has 0 aliphatic heterocycles. The number of allylic oxidation sites excluding steroid dienone is 9. The van der Waals surface area contributed by atoms with Crippen LogP contribution in [-0.4, -0.2) is 46.1 Å². The second-order valence-corrected chi connectivity index (χ2v) is 18.1. The third kappa shape index (κ3) is 47.4. The highest BCUT2D eigenvalue weighted by Gasteiger charge is 2.20. The molecule has 0 aromatic carbocycles. The van der Waals surface area contributed by atoms with Gasteiger partial charge in [0.25, 0.3) is 0 Å². The lowest BCUT2D eigenvalue weighted by atomic mass is 10.0. The minimum Gasteiger partial charge on any atom is -0.394 e. The van der Waals surface area contributed by atoms with E-state index < -0.39 is 18.2 Å². The van der Waals surface area contributed by atoms with Crippen LogP contribution in [-0.2, 0) is 4.79 Å². The molecule has 0 aliphatic rings. The molecule has 0 aromatic rings. The van der Waals surface area contributed by atoms with E-state index >= 15 is 0 Å². The van der Waals surface area contributed by atoms with E-state index in [-0.39, 0.29) is 18.9 Å². The standard InChI is InChI=1S/C56H103NO4/c1-3-5-7-9-11-13-15-17-18-19-20-21-22-23-24-25-26-27-28-29-30-31-32-33-34-35-36-38-39-41-43-45-47-49-53(59)51-56(61)57-54(52-58)55(60)50-48-46-44-42-40-37-16-14-12-10-8-6-4-2/h12,14,22-23,25-26,40,42,48,50,53-55,58-60H,3-11,13,15-21,24,27-39,41,43-47,49,51-52H2,1-2H3,(H,57,61)/b14-12+,23-22-,26-25-,42-40+,50-48+. The summed E-state index contributed by atoms with van der Waals surface area (Å²) < 4.78 is 0. The van der Waals surface area contributed by atoms with Gasteiger partial charge in [0.1, 0.15) is 0 Å². The molecule has 5 nitrogen and oxygen atoms in total. The predicted molar refractivity (Wildman–Crippen MR) is 268 cm³/mol. The smallest absolute Gasteiger partial charge is 0.222 e. The molecule has 0 saturated carbocycles. The topological polar surface area (TPSA) is 89.8 Å². The molecule has 0 rings (SSSR count). The molecule has 0 heterocycles. The second-order valence-electron chi connectivity index (χ2n) is 18.1. The zero-order valence-corrected chi connectivity index (χ0v) is 40.5. The molecule has 61 heavy (non-hydrogen) atoms. The Kier molecular flexibility index (Phi) is 49.1. The number of rotatable bonds is 48. The molecule has 0 aromatic heterocycles.